The molecular weight excluding hydrogens is 496 g/mol. The van der Waals surface area contributed by atoms with Crippen molar-refractivity contribution in [3.63, 3.8) is 0 Å². The Morgan fingerprint density at radius 3 is 2.59 bits per heavy atom. The molecule has 2 aromatic heterocycles. The Morgan fingerprint density at radius 1 is 1.03 bits per heavy atom. The summed E-state index contributed by atoms with van der Waals surface area (Å²) in [6.07, 6.45) is 2.25. The molecule has 0 radical (unpaired) electrons. The lowest BCUT2D eigenvalue weighted by Crippen LogP contribution is -2.43. The topological polar surface area (TPSA) is 112 Å². The van der Waals surface area contributed by atoms with Crippen molar-refractivity contribution < 1.29 is 19.1 Å². The molecule has 0 atom stereocenters. The smallest absolute Gasteiger partial charge is 0.332 e. The van der Waals surface area contributed by atoms with Crippen molar-refractivity contribution in [1.29, 1.82) is 0 Å². The van der Waals surface area contributed by atoms with E-state index in [-0.39, 0.29) is 37.3 Å². The molecule has 0 spiro atoms. The van der Waals surface area contributed by atoms with Crippen LogP contribution < -0.4 is 26.0 Å². The molecular formula is C26H32N4O6S. The van der Waals surface area contributed by atoms with E-state index in [1.165, 1.54) is 20.5 Å². The van der Waals surface area contributed by atoms with Crippen molar-refractivity contribution in [3.8, 4) is 11.5 Å². The Labute approximate surface area is 218 Å². The lowest BCUT2D eigenvalue weighted by atomic mass is 10.1. The van der Waals surface area contributed by atoms with Crippen molar-refractivity contribution in [1.82, 2.24) is 19.4 Å². The summed E-state index contributed by atoms with van der Waals surface area (Å²) in [4.78, 5) is 52.7. The maximum atomic E-state index is 13.2. The molecule has 1 aliphatic heterocycles. The summed E-state index contributed by atoms with van der Waals surface area (Å²) < 4.78 is 13.7. The summed E-state index contributed by atoms with van der Waals surface area (Å²) in [6, 6.07) is 7.28. The van der Waals surface area contributed by atoms with Gasteiger partial charge in [0.15, 0.2) is 11.5 Å². The van der Waals surface area contributed by atoms with Gasteiger partial charge in [-0.25, -0.2) is 4.79 Å². The van der Waals surface area contributed by atoms with Crippen molar-refractivity contribution in [2.75, 3.05) is 19.9 Å². The summed E-state index contributed by atoms with van der Waals surface area (Å²) >= 11 is 1.27. The Balaban J connectivity index is 1.30. The summed E-state index contributed by atoms with van der Waals surface area (Å²) in [7, 11) is 0. The first-order chi connectivity index (χ1) is 17.9. The number of rotatable bonds is 12. The molecule has 37 heavy (non-hydrogen) atoms. The fourth-order valence-corrected chi connectivity index (χ4v) is 5.21. The monoisotopic (exact) mass is 528 g/mol. The maximum absolute atomic E-state index is 13.2. The molecule has 4 rings (SSSR count). The highest BCUT2D eigenvalue weighted by molar-refractivity contribution is 7.17. The molecule has 3 heterocycles. The van der Waals surface area contributed by atoms with Gasteiger partial charge in [-0.05, 0) is 55.8 Å². The van der Waals surface area contributed by atoms with E-state index in [0.29, 0.717) is 67.0 Å². The molecule has 0 aliphatic carbocycles. The fraction of sp³-hybridized carbons (Fsp3) is 0.462. The van der Waals surface area contributed by atoms with E-state index in [9.17, 15) is 19.2 Å². The van der Waals surface area contributed by atoms with Gasteiger partial charge in [0, 0.05) is 32.6 Å². The summed E-state index contributed by atoms with van der Waals surface area (Å²) in [5, 5.41) is 4.66. The number of hydrogen-bond donors (Lipinski definition) is 1. The molecule has 1 aromatic carbocycles. The van der Waals surface area contributed by atoms with Gasteiger partial charge in [-0.3, -0.25) is 23.5 Å². The van der Waals surface area contributed by atoms with Crippen LogP contribution in [0.4, 0.5) is 0 Å². The number of ether oxygens (including phenoxy) is 2. The average molecular weight is 529 g/mol. The van der Waals surface area contributed by atoms with Crippen LogP contribution in [0.1, 0.15) is 45.1 Å². The Hall–Kier alpha value is -3.60. The van der Waals surface area contributed by atoms with Gasteiger partial charge in [0.2, 0.25) is 18.6 Å². The zero-order chi connectivity index (χ0) is 26.4. The second kappa shape index (κ2) is 12.1. The predicted octanol–water partition coefficient (Wildman–Crippen LogP) is 2.70. The van der Waals surface area contributed by atoms with Crippen LogP contribution in [-0.2, 0) is 29.2 Å². The molecule has 198 valence electrons. The second-order valence-corrected chi connectivity index (χ2v) is 9.72. The summed E-state index contributed by atoms with van der Waals surface area (Å²) in [5.41, 5.74) is 0.619. The minimum absolute atomic E-state index is 0.0629. The third-order valence-corrected chi connectivity index (χ3v) is 7.35. The van der Waals surface area contributed by atoms with Gasteiger partial charge in [0.25, 0.3) is 5.56 Å². The number of amides is 2. The first-order valence-corrected chi connectivity index (χ1v) is 13.4. The number of benzene rings is 1. The van der Waals surface area contributed by atoms with Gasteiger partial charge in [-0.2, -0.15) is 0 Å². The Kier molecular flexibility index (Phi) is 8.65. The van der Waals surface area contributed by atoms with Gasteiger partial charge in [0.05, 0.1) is 5.52 Å². The third-order valence-electron chi connectivity index (χ3n) is 6.46. The van der Waals surface area contributed by atoms with Gasteiger partial charge >= 0.3 is 5.69 Å². The minimum atomic E-state index is -0.474. The molecule has 0 bridgehead atoms. The molecule has 2 amide bonds. The highest BCUT2D eigenvalue weighted by atomic mass is 32.1. The Bertz CT molecular complexity index is 1390. The predicted molar refractivity (Wildman–Crippen MR) is 141 cm³/mol. The second-order valence-electron chi connectivity index (χ2n) is 8.80. The van der Waals surface area contributed by atoms with Crippen LogP contribution in [0.15, 0.2) is 39.2 Å². The van der Waals surface area contributed by atoms with Crippen LogP contribution in [0.5, 0.6) is 11.5 Å². The lowest BCUT2D eigenvalue weighted by molar-refractivity contribution is -0.131. The van der Waals surface area contributed by atoms with Crippen molar-refractivity contribution in [3.05, 3.63) is 56.0 Å². The van der Waals surface area contributed by atoms with Crippen LogP contribution >= 0.6 is 11.3 Å². The van der Waals surface area contributed by atoms with Crippen LogP contribution in [-0.4, -0.2) is 45.7 Å². The van der Waals surface area contributed by atoms with Gasteiger partial charge in [-0.1, -0.05) is 12.5 Å². The van der Waals surface area contributed by atoms with E-state index in [1.54, 1.807) is 16.3 Å². The van der Waals surface area contributed by atoms with Crippen molar-refractivity contribution in [2.45, 2.75) is 59.2 Å². The van der Waals surface area contributed by atoms with Crippen molar-refractivity contribution in [2.24, 2.45) is 0 Å². The van der Waals surface area contributed by atoms with Gasteiger partial charge in [-0.15, -0.1) is 11.3 Å². The van der Waals surface area contributed by atoms with Gasteiger partial charge in [0.1, 0.15) is 11.2 Å². The minimum Gasteiger partial charge on any atom is -0.454 e. The van der Waals surface area contributed by atoms with Crippen LogP contribution in [0.25, 0.3) is 10.2 Å². The third kappa shape index (κ3) is 6.04. The number of nitrogens with one attached hydrogen (secondary N) is 1. The van der Waals surface area contributed by atoms with E-state index < -0.39 is 5.69 Å². The van der Waals surface area contributed by atoms with E-state index in [2.05, 4.69) is 5.32 Å². The van der Waals surface area contributed by atoms with E-state index in [4.69, 9.17) is 9.47 Å². The molecule has 0 fully saturated rings. The van der Waals surface area contributed by atoms with E-state index in [1.807, 2.05) is 32.0 Å². The highest BCUT2D eigenvalue weighted by Crippen LogP contribution is 2.32. The first kappa shape index (κ1) is 26.5. The highest BCUT2D eigenvalue weighted by Gasteiger charge is 2.18. The summed E-state index contributed by atoms with van der Waals surface area (Å²) in [5.74, 6) is 1.16. The van der Waals surface area contributed by atoms with Gasteiger partial charge < -0.3 is 19.7 Å². The standard InChI is InChI=1S/C26H32N4O6S/c1-3-28(4-2)23(32)16-30-19-11-13-37-24(19)25(33)29(26(30)34)12-7-5-6-8-22(31)27-15-18-9-10-20-21(14-18)36-17-35-20/h9-11,13-14H,3-8,12,15-17H2,1-2H3,(H,27,31). The molecule has 3 aromatic rings. The number of fused-ring (bicyclic) bond motifs is 2. The normalized spacial score (nSPS) is 12.2. The maximum Gasteiger partial charge on any atom is 0.332 e. The number of thiophene rings is 1. The SMILES string of the molecule is CCN(CC)C(=O)Cn1c(=O)n(CCCCCC(=O)NCc2ccc3c(c2)OCO3)c(=O)c2sccc21. The lowest BCUT2D eigenvalue weighted by Gasteiger charge is -2.20. The quantitative estimate of drug-likeness (QED) is 0.362. The molecule has 10 nitrogen and oxygen atoms in total. The summed E-state index contributed by atoms with van der Waals surface area (Å²) in [6.45, 7) is 5.65. The number of unbranched alkanes of at least 4 members (excludes halogenated alkanes) is 2. The molecule has 0 unspecified atom stereocenters. The van der Waals surface area contributed by atoms with Crippen LogP contribution in [0.3, 0.4) is 0 Å². The first-order valence-electron chi connectivity index (χ1n) is 12.6. The van der Waals surface area contributed by atoms with Crippen LogP contribution in [0, 0.1) is 0 Å². The van der Waals surface area contributed by atoms with E-state index in [0.717, 1.165) is 5.56 Å². The van der Waals surface area contributed by atoms with E-state index >= 15 is 0 Å². The number of nitrogens with zero attached hydrogens (tertiary/aromatic N) is 3. The number of hydrogen-bond acceptors (Lipinski definition) is 7. The fourth-order valence-electron chi connectivity index (χ4n) is 4.37. The molecule has 11 heteroatoms. The van der Waals surface area contributed by atoms with Crippen LogP contribution in [0.2, 0.25) is 0 Å². The number of carbonyl (C=O) groups is 2. The molecule has 1 N–H and O–H groups in total. The average Bonchev–Trinajstić information content (AvgIpc) is 3.57. The zero-order valence-electron chi connectivity index (χ0n) is 21.2. The molecule has 1 aliphatic rings. The number of likely N-dealkylation sites (N-methyl/N-ethyl adjacent to an activating group) is 1. The van der Waals surface area contributed by atoms with Crippen molar-refractivity contribution >= 4 is 33.4 Å². The largest absolute Gasteiger partial charge is 0.454 e. The number of aromatic nitrogens is 2. The number of carbonyl (C=O) groups excluding carboxylic acids is 2. The zero-order valence-corrected chi connectivity index (χ0v) is 22.0. The molecule has 0 saturated heterocycles. The Morgan fingerprint density at radius 2 is 1.81 bits per heavy atom. The molecule has 0 saturated carbocycles.